The Morgan fingerprint density at radius 1 is 1.29 bits per heavy atom. The largest absolute Gasteiger partial charge is 0.493 e. The first-order chi connectivity index (χ1) is 10.1. The molecular formula is C14H15BrClN3O2. The van der Waals surface area contributed by atoms with Gasteiger partial charge in [-0.2, -0.15) is 0 Å². The van der Waals surface area contributed by atoms with Crippen molar-refractivity contribution in [2.45, 2.75) is 6.92 Å². The van der Waals surface area contributed by atoms with Gasteiger partial charge in [0.15, 0.2) is 17.3 Å². The molecule has 0 fully saturated rings. The highest BCUT2D eigenvalue weighted by molar-refractivity contribution is 9.10. The molecule has 5 nitrogen and oxygen atoms in total. The Morgan fingerprint density at radius 3 is 2.67 bits per heavy atom. The maximum Gasteiger partial charge on any atom is 0.179 e. The van der Waals surface area contributed by atoms with Gasteiger partial charge in [0.25, 0.3) is 0 Å². The number of hydrogen-bond donors (Lipinski definition) is 1. The van der Waals surface area contributed by atoms with Crippen LogP contribution >= 0.6 is 27.5 Å². The second-order valence-corrected chi connectivity index (χ2v) is 5.38. The lowest BCUT2D eigenvalue weighted by molar-refractivity contribution is 0.355. The van der Waals surface area contributed by atoms with E-state index in [1.54, 1.807) is 32.5 Å². The Labute approximate surface area is 136 Å². The molecule has 0 bridgehead atoms. The lowest BCUT2D eigenvalue weighted by atomic mass is 10.2. The van der Waals surface area contributed by atoms with Gasteiger partial charge in [0.1, 0.15) is 5.82 Å². The van der Waals surface area contributed by atoms with Crippen LogP contribution in [0.25, 0.3) is 11.4 Å². The third-order valence-electron chi connectivity index (χ3n) is 2.78. The summed E-state index contributed by atoms with van der Waals surface area (Å²) in [5.74, 6) is 2.31. The van der Waals surface area contributed by atoms with Crippen LogP contribution in [-0.2, 0) is 0 Å². The van der Waals surface area contributed by atoms with Gasteiger partial charge in [0.2, 0.25) is 0 Å². The number of halogens is 2. The molecule has 1 aromatic heterocycles. The van der Waals surface area contributed by atoms with Gasteiger partial charge in [0, 0.05) is 18.3 Å². The first-order valence-electron chi connectivity index (χ1n) is 6.29. The van der Waals surface area contributed by atoms with Gasteiger partial charge in [-0.3, -0.25) is 0 Å². The van der Waals surface area contributed by atoms with Crippen LogP contribution in [0.4, 0.5) is 5.82 Å². The van der Waals surface area contributed by atoms with E-state index in [1.807, 2.05) is 6.92 Å². The Balaban J connectivity index is 2.51. The van der Waals surface area contributed by atoms with E-state index in [1.165, 1.54) is 0 Å². The predicted octanol–water partition coefficient (Wildman–Crippen LogP) is 4.01. The molecule has 0 spiro atoms. The number of benzene rings is 1. The van der Waals surface area contributed by atoms with Gasteiger partial charge < -0.3 is 14.8 Å². The zero-order valence-electron chi connectivity index (χ0n) is 11.9. The van der Waals surface area contributed by atoms with Crippen LogP contribution in [0.2, 0.25) is 5.02 Å². The molecule has 0 saturated heterocycles. The molecular weight excluding hydrogens is 358 g/mol. The number of ether oxygens (including phenoxy) is 2. The van der Waals surface area contributed by atoms with E-state index >= 15 is 0 Å². The summed E-state index contributed by atoms with van der Waals surface area (Å²) >= 11 is 9.62. The molecule has 1 aromatic carbocycles. The number of nitrogens with zero attached hydrogens (tertiary/aromatic N) is 2. The normalized spacial score (nSPS) is 10.3. The van der Waals surface area contributed by atoms with E-state index in [9.17, 15) is 0 Å². The molecule has 0 amide bonds. The highest BCUT2D eigenvalue weighted by Crippen LogP contribution is 2.38. The highest BCUT2D eigenvalue weighted by Gasteiger charge is 2.14. The summed E-state index contributed by atoms with van der Waals surface area (Å²) in [6.07, 6.45) is 1.70. The van der Waals surface area contributed by atoms with Crippen molar-refractivity contribution in [1.29, 1.82) is 0 Å². The Hall–Kier alpha value is -1.53. The molecule has 0 aliphatic heterocycles. The average molecular weight is 373 g/mol. The van der Waals surface area contributed by atoms with E-state index in [4.69, 9.17) is 21.1 Å². The van der Waals surface area contributed by atoms with Crippen molar-refractivity contribution >= 4 is 33.3 Å². The van der Waals surface area contributed by atoms with E-state index in [-0.39, 0.29) is 0 Å². The molecule has 0 unspecified atom stereocenters. The molecule has 1 N–H and O–H groups in total. The Bertz CT molecular complexity index is 652. The van der Waals surface area contributed by atoms with Gasteiger partial charge in [-0.25, -0.2) is 9.97 Å². The van der Waals surface area contributed by atoms with Gasteiger partial charge in [-0.05, 0) is 35.0 Å². The average Bonchev–Trinajstić information content (AvgIpc) is 2.48. The zero-order chi connectivity index (χ0) is 15.4. The van der Waals surface area contributed by atoms with Crippen molar-refractivity contribution in [3.05, 3.63) is 27.8 Å². The summed E-state index contributed by atoms with van der Waals surface area (Å²) in [7, 11) is 3.10. The number of anilines is 1. The van der Waals surface area contributed by atoms with Crippen LogP contribution in [0.3, 0.4) is 0 Å². The van der Waals surface area contributed by atoms with Crippen LogP contribution in [-0.4, -0.2) is 30.7 Å². The third kappa shape index (κ3) is 3.39. The van der Waals surface area contributed by atoms with Gasteiger partial charge in [-0.1, -0.05) is 11.6 Å². The molecule has 0 aliphatic carbocycles. The quantitative estimate of drug-likeness (QED) is 0.859. The summed E-state index contributed by atoms with van der Waals surface area (Å²) in [6.45, 7) is 2.77. The SMILES string of the molecule is CCNc1nc(-c2cc(Cl)c(OC)c(OC)c2)ncc1Br. The Kier molecular flexibility index (Phi) is 5.25. The van der Waals surface area contributed by atoms with E-state index in [2.05, 4.69) is 31.2 Å². The summed E-state index contributed by atoms with van der Waals surface area (Å²) in [5, 5.41) is 3.61. The molecule has 112 valence electrons. The maximum absolute atomic E-state index is 6.21. The number of nitrogens with one attached hydrogen (secondary N) is 1. The molecule has 0 atom stereocenters. The fourth-order valence-corrected chi connectivity index (χ4v) is 2.46. The van der Waals surface area contributed by atoms with Crippen molar-refractivity contribution in [1.82, 2.24) is 9.97 Å². The number of aromatic nitrogens is 2. The summed E-state index contributed by atoms with van der Waals surface area (Å²) in [5.41, 5.74) is 0.754. The first kappa shape index (κ1) is 15.9. The minimum Gasteiger partial charge on any atom is -0.493 e. The van der Waals surface area contributed by atoms with Gasteiger partial charge >= 0.3 is 0 Å². The summed E-state index contributed by atoms with van der Waals surface area (Å²) in [4.78, 5) is 8.79. The molecule has 7 heteroatoms. The fourth-order valence-electron chi connectivity index (χ4n) is 1.84. The van der Waals surface area contributed by atoms with E-state index < -0.39 is 0 Å². The molecule has 21 heavy (non-hydrogen) atoms. The summed E-state index contributed by atoms with van der Waals surface area (Å²) in [6, 6.07) is 3.55. The lowest BCUT2D eigenvalue weighted by Gasteiger charge is -2.12. The zero-order valence-corrected chi connectivity index (χ0v) is 14.2. The standard InChI is InChI=1S/C14H15BrClN3O2/c1-4-17-14-9(15)7-18-13(19-14)8-5-10(16)12(21-3)11(6-8)20-2/h5-7H,4H2,1-3H3,(H,17,18,19). The molecule has 2 rings (SSSR count). The van der Waals surface area contributed by atoms with E-state index in [0.29, 0.717) is 22.3 Å². The maximum atomic E-state index is 6.21. The monoisotopic (exact) mass is 371 g/mol. The lowest BCUT2D eigenvalue weighted by Crippen LogP contribution is -2.02. The van der Waals surface area contributed by atoms with Gasteiger partial charge in [0.05, 0.1) is 23.7 Å². The number of methoxy groups -OCH3 is 2. The van der Waals surface area contributed by atoms with Crippen LogP contribution in [0.5, 0.6) is 11.5 Å². The van der Waals surface area contributed by atoms with Crippen molar-refractivity contribution in [3.63, 3.8) is 0 Å². The van der Waals surface area contributed by atoms with Crippen molar-refractivity contribution < 1.29 is 9.47 Å². The molecule has 1 heterocycles. The minimum atomic E-state index is 0.448. The van der Waals surface area contributed by atoms with Crippen molar-refractivity contribution in [3.8, 4) is 22.9 Å². The fraction of sp³-hybridized carbons (Fsp3) is 0.286. The smallest absolute Gasteiger partial charge is 0.179 e. The minimum absolute atomic E-state index is 0.448. The van der Waals surface area contributed by atoms with Crippen LogP contribution < -0.4 is 14.8 Å². The Morgan fingerprint density at radius 2 is 2.05 bits per heavy atom. The second kappa shape index (κ2) is 6.95. The molecule has 0 saturated carbocycles. The molecule has 0 radical (unpaired) electrons. The third-order valence-corrected chi connectivity index (χ3v) is 3.64. The van der Waals surface area contributed by atoms with E-state index in [0.717, 1.165) is 22.4 Å². The number of rotatable bonds is 5. The van der Waals surface area contributed by atoms with Crippen LogP contribution in [0.1, 0.15) is 6.92 Å². The van der Waals surface area contributed by atoms with Crippen LogP contribution in [0, 0.1) is 0 Å². The summed E-state index contributed by atoms with van der Waals surface area (Å²) < 4.78 is 11.3. The topological polar surface area (TPSA) is 56.3 Å². The number of hydrogen-bond acceptors (Lipinski definition) is 5. The molecule has 2 aromatic rings. The first-order valence-corrected chi connectivity index (χ1v) is 7.46. The van der Waals surface area contributed by atoms with Crippen molar-refractivity contribution in [2.24, 2.45) is 0 Å². The van der Waals surface area contributed by atoms with Crippen molar-refractivity contribution in [2.75, 3.05) is 26.1 Å². The highest BCUT2D eigenvalue weighted by atomic mass is 79.9. The molecule has 0 aliphatic rings. The van der Waals surface area contributed by atoms with Crippen LogP contribution in [0.15, 0.2) is 22.8 Å². The van der Waals surface area contributed by atoms with Gasteiger partial charge in [-0.15, -0.1) is 0 Å². The predicted molar refractivity (Wildman–Crippen MR) is 87.4 cm³/mol. The second-order valence-electron chi connectivity index (χ2n) is 4.11.